The van der Waals surface area contributed by atoms with Crippen molar-refractivity contribution in [2.75, 3.05) is 0 Å². The van der Waals surface area contributed by atoms with Crippen LogP contribution in [0.15, 0.2) is 18.2 Å². The van der Waals surface area contributed by atoms with Crippen LogP contribution in [0.5, 0.6) is 5.75 Å². The van der Waals surface area contributed by atoms with E-state index >= 15 is 0 Å². The Balaban J connectivity index is 2.42. The maximum Gasteiger partial charge on any atom is 0.126 e. The van der Waals surface area contributed by atoms with Crippen LogP contribution in [0.1, 0.15) is 37.5 Å². The van der Waals surface area contributed by atoms with Crippen LogP contribution in [0, 0.1) is 0 Å². The summed E-state index contributed by atoms with van der Waals surface area (Å²) in [5.74, 6) is 0.765. The summed E-state index contributed by atoms with van der Waals surface area (Å²) in [6, 6.07) is 5.75. The van der Waals surface area contributed by atoms with E-state index in [0.717, 1.165) is 16.9 Å². The Kier molecular flexibility index (Phi) is 2.44. The van der Waals surface area contributed by atoms with Crippen molar-refractivity contribution >= 4 is 0 Å². The van der Waals surface area contributed by atoms with Crippen LogP contribution in [0.3, 0.4) is 0 Å². The highest BCUT2D eigenvalue weighted by Gasteiger charge is 2.32. The van der Waals surface area contributed by atoms with Gasteiger partial charge in [0.05, 0.1) is 6.10 Å². The number of fused-ring (bicyclic) bond motifs is 1. The van der Waals surface area contributed by atoms with Gasteiger partial charge in [0.2, 0.25) is 0 Å². The Morgan fingerprint density at radius 3 is 2.93 bits per heavy atom. The minimum Gasteiger partial charge on any atom is -0.487 e. The molecular weight excluding hydrogens is 190 g/mol. The second kappa shape index (κ2) is 3.51. The van der Waals surface area contributed by atoms with Gasteiger partial charge in [-0.05, 0) is 25.5 Å². The first-order chi connectivity index (χ1) is 7.02. The summed E-state index contributed by atoms with van der Waals surface area (Å²) >= 11 is 0. The lowest BCUT2D eigenvalue weighted by molar-refractivity contribution is 0.0115. The van der Waals surface area contributed by atoms with E-state index in [1.165, 1.54) is 0 Å². The number of aliphatic hydroxyl groups excluding tert-OH is 1. The van der Waals surface area contributed by atoms with Gasteiger partial charge in [0.25, 0.3) is 0 Å². The van der Waals surface area contributed by atoms with Crippen molar-refractivity contribution in [3.05, 3.63) is 29.3 Å². The number of aliphatic hydroxyl groups is 1. The molecule has 0 saturated heterocycles. The van der Waals surface area contributed by atoms with Crippen LogP contribution in [0.2, 0.25) is 0 Å². The smallest absolute Gasteiger partial charge is 0.126 e. The van der Waals surface area contributed by atoms with Gasteiger partial charge in [-0.25, -0.2) is 0 Å². The Morgan fingerprint density at radius 1 is 1.53 bits per heavy atom. The fourth-order valence-electron chi connectivity index (χ4n) is 1.98. The van der Waals surface area contributed by atoms with Crippen molar-refractivity contribution in [1.82, 2.24) is 0 Å². The van der Waals surface area contributed by atoms with Gasteiger partial charge in [0.15, 0.2) is 0 Å². The second-order valence-electron chi connectivity index (χ2n) is 4.66. The van der Waals surface area contributed by atoms with Gasteiger partial charge in [0.1, 0.15) is 11.4 Å². The van der Waals surface area contributed by atoms with Gasteiger partial charge in [-0.1, -0.05) is 12.1 Å². The third-order valence-electron chi connectivity index (χ3n) is 2.74. The molecule has 1 aliphatic rings. The van der Waals surface area contributed by atoms with Crippen molar-refractivity contribution in [3.8, 4) is 5.75 Å². The fraction of sp³-hybridized carbons (Fsp3) is 0.500. The zero-order valence-electron chi connectivity index (χ0n) is 9.16. The number of rotatable bonds is 1. The molecule has 3 N–H and O–H groups in total. The SMILES string of the molecule is CC1(C)CC(O)c2ccc(CN)cc2O1. The summed E-state index contributed by atoms with van der Waals surface area (Å²) in [5.41, 5.74) is 7.15. The van der Waals surface area contributed by atoms with Gasteiger partial charge in [-0.3, -0.25) is 0 Å². The molecule has 3 heteroatoms. The maximum absolute atomic E-state index is 9.95. The van der Waals surface area contributed by atoms with Gasteiger partial charge in [0, 0.05) is 18.5 Å². The topological polar surface area (TPSA) is 55.5 Å². The number of nitrogens with two attached hydrogens (primary N) is 1. The molecule has 1 atom stereocenters. The predicted molar refractivity (Wildman–Crippen MR) is 58.6 cm³/mol. The molecule has 1 aromatic carbocycles. The van der Waals surface area contributed by atoms with E-state index in [4.69, 9.17) is 10.5 Å². The molecule has 1 unspecified atom stereocenters. The first kappa shape index (κ1) is 10.5. The molecular formula is C12H17NO2. The van der Waals surface area contributed by atoms with Crippen molar-refractivity contribution in [3.63, 3.8) is 0 Å². The minimum absolute atomic E-state index is 0.306. The molecule has 0 bridgehead atoms. The summed E-state index contributed by atoms with van der Waals surface area (Å²) in [6.45, 7) is 4.45. The third kappa shape index (κ3) is 1.98. The molecule has 0 fully saturated rings. The van der Waals surface area contributed by atoms with Gasteiger partial charge < -0.3 is 15.6 Å². The molecule has 1 heterocycles. The van der Waals surface area contributed by atoms with Crippen LogP contribution in [-0.4, -0.2) is 10.7 Å². The summed E-state index contributed by atoms with van der Waals surface area (Å²) in [7, 11) is 0. The Hall–Kier alpha value is -1.06. The van der Waals surface area contributed by atoms with E-state index in [2.05, 4.69) is 0 Å². The summed E-state index contributed by atoms with van der Waals surface area (Å²) < 4.78 is 5.82. The highest BCUT2D eigenvalue weighted by atomic mass is 16.5. The number of hydrogen-bond donors (Lipinski definition) is 2. The molecule has 0 aromatic heterocycles. The van der Waals surface area contributed by atoms with E-state index in [-0.39, 0.29) is 5.60 Å². The molecule has 0 spiro atoms. The average molecular weight is 207 g/mol. The third-order valence-corrected chi connectivity index (χ3v) is 2.74. The summed E-state index contributed by atoms with van der Waals surface area (Å²) in [4.78, 5) is 0. The molecule has 15 heavy (non-hydrogen) atoms. The average Bonchev–Trinajstić information content (AvgIpc) is 2.14. The Labute approximate surface area is 89.9 Å². The molecule has 82 valence electrons. The summed E-state index contributed by atoms with van der Waals surface area (Å²) in [6.07, 6.45) is 0.192. The van der Waals surface area contributed by atoms with E-state index in [9.17, 15) is 5.11 Å². The van der Waals surface area contributed by atoms with Crippen LogP contribution in [0.4, 0.5) is 0 Å². The molecule has 0 amide bonds. The Bertz CT molecular complexity index is 374. The molecule has 2 rings (SSSR count). The largest absolute Gasteiger partial charge is 0.487 e. The van der Waals surface area contributed by atoms with Gasteiger partial charge in [-0.15, -0.1) is 0 Å². The zero-order chi connectivity index (χ0) is 11.1. The Morgan fingerprint density at radius 2 is 2.27 bits per heavy atom. The molecule has 0 aliphatic carbocycles. The number of ether oxygens (including phenoxy) is 1. The predicted octanol–water partition coefficient (Wildman–Crippen LogP) is 1.74. The summed E-state index contributed by atoms with van der Waals surface area (Å²) in [5, 5.41) is 9.95. The van der Waals surface area contributed by atoms with Crippen LogP contribution in [0.25, 0.3) is 0 Å². The van der Waals surface area contributed by atoms with Crippen molar-refractivity contribution in [2.24, 2.45) is 5.73 Å². The lowest BCUT2D eigenvalue weighted by Crippen LogP contribution is -2.34. The van der Waals surface area contributed by atoms with E-state index in [1.807, 2.05) is 32.0 Å². The zero-order valence-corrected chi connectivity index (χ0v) is 9.16. The lowest BCUT2D eigenvalue weighted by Gasteiger charge is -2.35. The van der Waals surface area contributed by atoms with Crippen LogP contribution >= 0.6 is 0 Å². The van der Waals surface area contributed by atoms with Crippen molar-refractivity contribution in [1.29, 1.82) is 0 Å². The fourth-order valence-corrected chi connectivity index (χ4v) is 1.98. The highest BCUT2D eigenvalue weighted by Crippen LogP contribution is 2.39. The second-order valence-corrected chi connectivity index (χ2v) is 4.66. The van der Waals surface area contributed by atoms with E-state index < -0.39 is 6.10 Å². The number of hydrogen-bond acceptors (Lipinski definition) is 3. The van der Waals surface area contributed by atoms with Crippen LogP contribution < -0.4 is 10.5 Å². The number of benzene rings is 1. The maximum atomic E-state index is 9.95. The van der Waals surface area contributed by atoms with Crippen LogP contribution in [-0.2, 0) is 6.54 Å². The van der Waals surface area contributed by atoms with E-state index in [1.54, 1.807) is 0 Å². The van der Waals surface area contributed by atoms with Crippen molar-refractivity contribution in [2.45, 2.75) is 38.5 Å². The van der Waals surface area contributed by atoms with E-state index in [0.29, 0.717) is 13.0 Å². The quantitative estimate of drug-likeness (QED) is 0.737. The molecule has 1 aromatic rings. The van der Waals surface area contributed by atoms with Gasteiger partial charge >= 0.3 is 0 Å². The lowest BCUT2D eigenvalue weighted by atomic mass is 9.91. The minimum atomic E-state index is -0.435. The highest BCUT2D eigenvalue weighted by molar-refractivity contribution is 5.41. The van der Waals surface area contributed by atoms with Crippen molar-refractivity contribution < 1.29 is 9.84 Å². The molecule has 3 nitrogen and oxygen atoms in total. The first-order valence-electron chi connectivity index (χ1n) is 5.22. The molecule has 0 radical (unpaired) electrons. The standard InChI is InChI=1S/C12H17NO2/c1-12(2)6-10(14)9-4-3-8(7-13)5-11(9)15-12/h3-5,10,14H,6-7,13H2,1-2H3. The monoisotopic (exact) mass is 207 g/mol. The molecule has 1 aliphatic heterocycles. The first-order valence-corrected chi connectivity index (χ1v) is 5.22. The normalized spacial score (nSPS) is 23.1. The van der Waals surface area contributed by atoms with Gasteiger partial charge in [-0.2, -0.15) is 0 Å². The molecule has 0 saturated carbocycles.